The van der Waals surface area contributed by atoms with Gasteiger partial charge in [-0.2, -0.15) is 0 Å². The number of carbonyl (C=O) groups is 1. The highest BCUT2D eigenvalue weighted by molar-refractivity contribution is 5.79. The molecule has 1 aliphatic heterocycles. The molecule has 1 fully saturated rings. The van der Waals surface area contributed by atoms with Gasteiger partial charge in [-0.15, -0.1) is 0 Å². The Morgan fingerprint density at radius 2 is 2.13 bits per heavy atom. The Bertz CT molecular complexity index is 640. The van der Waals surface area contributed by atoms with Gasteiger partial charge in [0.2, 0.25) is 5.91 Å². The number of methoxy groups -OCH3 is 2. The number of carbonyl (C=O) groups excluding carboxylic acids is 1. The second kappa shape index (κ2) is 6.83. The molecule has 2 atom stereocenters. The number of hydrogen-bond donors (Lipinski definition) is 1. The number of likely N-dealkylation sites (tertiary alicyclic amines) is 1. The number of rotatable bonds is 5. The molecule has 1 aliphatic rings. The van der Waals surface area contributed by atoms with Crippen molar-refractivity contribution in [3.8, 4) is 5.75 Å². The van der Waals surface area contributed by atoms with Crippen molar-refractivity contribution in [3.05, 3.63) is 48.0 Å². The molecule has 6 heteroatoms. The number of nitrogens with zero attached hydrogens (tertiary/aromatic N) is 2. The van der Waals surface area contributed by atoms with Gasteiger partial charge >= 0.3 is 0 Å². The molecule has 1 amide bonds. The third-order valence-electron chi connectivity index (χ3n) is 4.27. The molecule has 3 rings (SSSR count). The lowest BCUT2D eigenvalue weighted by Gasteiger charge is -2.23. The van der Waals surface area contributed by atoms with Gasteiger partial charge in [0.1, 0.15) is 11.6 Å². The second-order valence-corrected chi connectivity index (χ2v) is 5.65. The van der Waals surface area contributed by atoms with E-state index < -0.39 is 0 Å². The van der Waals surface area contributed by atoms with Gasteiger partial charge < -0.3 is 19.4 Å². The molecule has 23 heavy (non-hydrogen) atoms. The van der Waals surface area contributed by atoms with Crippen LogP contribution in [-0.2, 0) is 16.0 Å². The molecule has 0 radical (unpaired) electrons. The molecule has 0 saturated carbocycles. The Kier molecular flexibility index (Phi) is 4.62. The first-order valence-corrected chi connectivity index (χ1v) is 7.65. The van der Waals surface area contributed by atoms with E-state index in [4.69, 9.17) is 9.47 Å². The average Bonchev–Trinajstić information content (AvgIpc) is 3.24. The summed E-state index contributed by atoms with van der Waals surface area (Å²) in [6.45, 7) is 0.594. The lowest BCUT2D eigenvalue weighted by atomic mass is 10.1. The number of benzene rings is 1. The third kappa shape index (κ3) is 3.37. The van der Waals surface area contributed by atoms with Crippen LogP contribution in [0.15, 0.2) is 36.7 Å². The van der Waals surface area contributed by atoms with E-state index in [1.54, 1.807) is 26.6 Å². The minimum Gasteiger partial charge on any atom is -0.497 e. The first-order valence-electron chi connectivity index (χ1n) is 7.65. The Labute approximate surface area is 135 Å². The first-order chi connectivity index (χ1) is 11.2. The number of aromatic amines is 1. The van der Waals surface area contributed by atoms with Crippen molar-refractivity contribution in [2.45, 2.75) is 25.0 Å². The summed E-state index contributed by atoms with van der Waals surface area (Å²) in [5, 5.41) is 0. The molecule has 2 aromatic rings. The van der Waals surface area contributed by atoms with Crippen LogP contribution in [0.2, 0.25) is 0 Å². The zero-order valence-electron chi connectivity index (χ0n) is 13.4. The second-order valence-electron chi connectivity index (χ2n) is 5.65. The average molecular weight is 315 g/mol. The molecule has 1 N–H and O–H groups in total. The molecule has 1 saturated heterocycles. The van der Waals surface area contributed by atoms with Gasteiger partial charge in [-0.3, -0.25) is 4.79 Å². The van der Waals surface area contributed by atoms with Gasteiger partial charge in [0.15, 0.2) is 0 Å². The summed E-state index contributed by atoms with van der Waals surface area (Å²) < 4.78 is 10.6. The molecule has 0 aliphatic carbocycles. The van der Waals surface area contributed by atoms with E-state index in [9.17, 15) is 4.79 Å². The van der Waals surface area contributed by atoms with Crippen molar-refractivity contribution in [2.75, 3.05) is 20.8 Å². The van der Waals surface area contributed by atoms with Crippen molar-refractivity contribution in [3.63, 3.8) is 0 Å². The van der Waals surface area contributed by atoms with Crippen molar-refractivity contribution in [2.24, 2.45) is 0 Å². The zero-order chi connectivity index (χ0) is 16.2. The fourth-order valence-electron chi connectivity index (χ4n) is 2.98. The number of ether oxygens (including phenoxy) is 2. The standard InChI is InChI=1S/C17H21N3O3/c1-22-13-5-3-12(4-6-13)9-16(21)20-11-14(23-2)10-15(20)17-18-7-8-19-17/h3-8,14-15H,9-11H2,1-2H3,(H,18,19)/t14-,15+/m1/s1. The predicted octanol–water partition coefficient (Wildman–Crippen LogP) is 1.95. The summed E-state index contributed by atoms with van der Waals surface area (Å²) in [7, 11) is 3.31. The quantitative estimate of drug-likeness (QED) is 0.916. The Balaban J connectivity index is 1.73. The van der Waals surface area contributed by atoms with Crippen LogP contribution < -0.4 is 4.74 Å². The van der Waals surface area contributed by atoms with Crippen LogP contribution in [0.25, 0.3) is 0 Å². The lowest BCUT2D eigenvalue weighted by molar-refractivity contribution is -0.131. The van der Waals surface area contributed by atoms with Crippen LogP contribution in [0.5, 0.6) is 5.75 Å². The fourth-order valence-corrected chi connectivity index (χ4v) is 2.98. The van der Waals surface area contributed by atoms with E-state index in [2.05, 4.69) is 9.97 Å². The van der Waals surface area contributed by atoms with Crippen LogP contribution in [0.3, 0.4) is 0 Å². The van der Waals surface area contributed by atoms with E-state index in [1.807, 2.05) is 29.2 Å². The van der Waals surface area contributed by atoms with Crippen LogP contribution in [0.1, 0.15) is 23.9 Å². The lowest BCUT2D eigenvalue weighted by Crippen LogP contribution is -2.33. The number of H-pyrrole nitrogens is 1. The smallest absolute Gasteiger partial charge is 0.227 e. The Morgan fingerprint density at radius 3 is 2.74 bits per heavy atom. The van der Waals surface area contributed by atoms with E-state index in [1.165, 1.54) is 0 Å². The van der Waals surface area contributed by atoms with Crippen LogP contribution in [0, 0.1) is 0 Å². The maximum absolute atomic E-state index is 12.7. The highest BCUT2D eigenvalue weighted by Gasteiger charge is 2.37. The van der Waals surface area contributed by atoms with Crippen molar-refractivity contribution in [1.82, 2.24) is 14.9 Å². The highest BCUT2D eigenvalue weighted by Crippen LogP contribution is 2.32. The molecular weight excluding hydrogens is 294 g/mol. The van der Waals surface area contributed by atoms with Gasteiger partial charge in [0.25, 0.3) is 0 Å². The molecule has 0 spiro atoms. The number of aromatic nitrogens is 2. The van der Waals surface area contributed by atoms with E-state index >= 15 is 0 Å². The van der Waals surface area contributed by atoms with Gasteiger partial charge in [0.05, 0.1) is 25.7 Å². The number of imidazole rings is 1. The van der Waals surface area contributed by atoms with Crippen LogP contribution in [0.4, 0.5) is 0 Å². The van der Waals surface area contributed by atoms with E-state index in [-0.39, 0.29) is 18.1 Å². The van der Waals surface area contributed by atoms with Gasteiger partial charge in [0, 0.05) is 32.5 Å². The molecule has 6 nitrogen and oxygen atoms in total. The van der Waals surface area contributed by atoms with Crippen LogP contribution in [-0.4, -0.2) is 47.6 Å². The monoisotopic (exact) mass is 315 g/mol. The summed E-state index contributed by atoms with van der Waals surface area (Å²) >= 11 is 0. The first kappa shape index (κ1) is 15.6. The SMILES string of the molecule is COc1ccc(CC(=O)N2C[C@H](OC)C[C@H]2c2ncc[nH]2)cc1. The van der Waals surface area contributed by atoms with Gasteiger partial charge in [-0.1, -0.05) is 12.1 Å². The van der Waals surface area contributed by atoms with Crippen molar-refractivity contribution < 1.29 is 14.3 Å². The van der Waals surface area contributed by atoms with E-state index in [0.29, 0.717) is 13.0 Å². The minimum atomic E-state index is -0.0549. The maximum Gasteiger partial charge on any atom is 0.227 e. The molecule has 1 aromatic carbocycles. The predicted molar refractivity (Wildman–Crippen MR) is 85.2 cm³/mol. The topological polar surface area (TPSA) is 67.4 Å². The molecule has 122 valence electrons. The van der Waals surface area contributed by atoms with E-state index in [0.717, 1.165) is 23.6 Å². The van der Waals surface area contributed by atoms with Crippen molar-refractivity contribution in [1.29, 1.82) is 0 Å². The highest BCUT2D eigenvalue weighted by atomic mass is 16.5. The summed E-state index contributed by atoms with van der Waals surface area (Å²) in [4.78, 5) is 22.0. The Morgan fingerprint density at radius 1 is 1.35 bits per heavy atom. The largest absolute Gasteiger partial charge is 0.497 e. The molecule has 0 bridgehead atoms. The maximum atomic E-state index is 12.7. The summed E-state index contributed by atoms with van der Waals surface area (Å²) in [6, 6.07) is 7.52. The number of nitrogens with one attached hydrogen (secondary N) is 1. The molecule has 2 heterocycles. The minimum absolute atomic E-state index is 0.0462. The third-order valence-corrected chi connectivity index (χ3v) is 4.27. The summed E-state index contributed by atoms with van der Waals surface area (Å²) in [6.07, 6.45) is 4.66. The Hall–Kier alpha value is -2.34. The molecule has 0 unspecified atom stereocenters. The van der Waals surface area contributed by atoms with Gasteiger partial charge in [-0.25, -0.2) is 4.98 Å². The van der Waals surface area contributed by atoms with Gasteiger partial charge in [-0.05, 0) is 17.7 Å². The number of hydrogen-bond acceptors (Lipinski definition) is 4. The fraction of sp³-hybridized carbons (Fsp3) is 0.412. The normalized spacial score (nSPS) is 20.7. The molecule has 1 aromatic heterocycles. The van der Waals surface area contributed by atoms with Crippen molar-refractivity contribution >= 4 is 5.91 Å². The summed E-state index contributed by atoms with van der Waals surface area (Å²) in [5.41, 5.74) is 0.967. The summed E-state index contributed by atoms with van der Waals surface area (Å²) in [5.74, 6) is 1.68. The zero-order valence-corrected chi connectivity index (χ0v) is 13.4. The van der Waals surface area contributed by atoms with Crippen LogP contribution >= 0.6 is 0 Å². The molecular formula is C17H21N3O3. The number of amides is 1.